The zero-order valence-corrected chi connectivity index (χ0v) is 23.5. The van der Waals surface area contributed by atoms with Crippen LogP contribution < -0.4 is 4.90 Å². The number of rotatable bonds is 6. The van der Waals surface area contributed by atoms with Gasteiger partial charge in [0.25, 0.3) is 0 Å². The van der Waals surface area contributed by atoms with Gasteiger partial charge in [-0.15, -0.1) is 11.3 Å². The summed E-state index contributed by atoms with van der Waals surface area (Å²) in [5, 5.41) is 2.66. The van der Waals surface area contributed by atoms with Gasteiger partial charge in [0.1, 0.15) is 15.7 Å². The van der Waals surface area contributed by atoms with Crippen LogP contribution in [0.1, 0.15) is 35.3 Å². The molecule has 5 heterocycles. The molecular formula is C27H28N4O3S3. The lowest BCUT2D eigenvalue weighted by Crippen LogP contribution is -2.39. The summed E-state index contributed by atoms with van der Waals surface area (Å²) in [6, 6.07) is 9.43. The molecule has 2 aliphatic rings. The average molecular weight is 553 g/mol. The van der Waals surface area contributed by atoms with Crippen molar-refractivity contribution in [2.24, 2.45) is 0 Å². The van der Waals surface area contributed by atoms with E-state index in [1.165, 1.54) is 29.1 Å². The van der Waals surface area contributed by atoms with Gasteiger partial charge in [0, 0.05) is 36.0 Å². The molecule has 2 aliphatic heterocycles. The van der Waals surface area contributed by atoms with Crippen molar-refractivity contribution in [2.45, 2.75) is 42.7 Å². The number of thioether (sulfide) groups is 2. The van der Waals surface area contributed by atoms with Crippen LogP contribution in [-0.2, 0) is 22.5 Å². The third-order valence-electron chi connectivity index (χ3n) is 6.75. The maximum atomic E-state index is 12.9. The molecule has 37 heavy (non-hydrogen) atoms. The van der Waals surface area contributed by atoms with Crippen LogP contribution in [-0.4, -0.2) is 64.6 Å². The Morgan fingerprint density at radius 2 is 1.89 bits per heavy atom. The lowest BCUT2D eigenvalue weighted by Gasteiger charge is -2.36. The molecule has 0 N–H and O–H groups in total. The Kier molecular flexibility index (Phi) is 6.87. The first-order valence-corrected chi connectivity index (χ1v) is 15.3. The second-order valence-corrected chi connectivity index (χ2v) is 12.5. The van der Waals surface area contributed by atoms with Crippen LogP contribution in [0.3, 0.4) is 0 Å². The smallest absolute Gasteiger partial charge is 0.189 e. The van der Waals surface area contributed by atoms with E-state index in [0.717, 1.165) is 61.9 Å². The van der Waals surface area contributed by atoms with Gasteiger partial charge in [-0.1, -0.05) is 53.9 Å². The summed E-state index contributed by atoms with van der Waals surface area (Å²) in [5.74, 6) is 1.41. The largest absolute Gasteiger partial charge is 0.378 e. The molecule has 0 bridgehead atoms. The van der Waals surface area contributed by atoms with E-state index in [9.17, 15) is 4.79 Å². The standard InChI is InChI=1S/C27H28N4O3S3/c1-27(2)13-17-18(14-34-27)23(31-9-11-33-12-10-31)29-24-20(17)21-22(37-24)25(30-26(28-21)35-3)36-15-19(32)16-7-5-4-6-8-16/h4-8H,9-15H2,1-3H3. The Bertz CT molecular complexity index is 1480. The van der Waals surface area contributed by atoms with Crippen LogP contribution in [0.5, 0.6) is 0 Å². The summed E-state index contributed by atoms with van der Waals surface area (Å²) in [6.45, 7) is 7.85. The topological polar surface area (TPSA) is 77.4 Å². The number of hydrogen-bond donors (Lipinski definition) is 0. The van der Waals surface area contributed by atoms with Crippen molar-refractivity contribution in [3.05, 3.63) is 47.0 Å². The molecule has 1 fully saturated rings. The van der Waals surface area contributed by atoms with Crippen molar-refractivity contribution in [1.29, 1.82) is 0 Å². The predicted molar refractivity (Wildman–Crippen MR) is 152 cm³/mol. The van der Waals surface area contributed by atoms with E-state index < -0.39 is 0 Å². The van der Waals surface area contributed by atoms with Gasteiger partial charge >= 0.3 is 0 Å². The summed E-state index contributed by atoms with van der Waals surface area (Å²) < 4.78 is 12.9. The van der Waals surface area contributed by atoms with Crippen LogP contribution in [0.4, 0.5) is 5.82 Å². The first kappa shape index (κ1) is 25.1. The number of carbonyl (C=O) groups is 1. The number of Topliss-reactive ketones (excluding diaryl/α,β-unsaturated/α-hetero) is 1. The Morgan fingerprint density at radius 3 is 2.65 bits per heavy atom. The molecule has 3 aromatic heterocycles. The third-order valence-corrected chi connectivity index (χ3v) is 9.48. The Labute approximate surface area is 228 Å². The molecule has 0 radical (unpaired) electrons. The maximum absolute atomic E-state index is 12.9. The number of hydrogen-bond acceptors (Lipinski definition) is 10. The highest BCUT2D eigenvalue weighted by Crippen LogP contribution is 2.45. The maximum Gasteiger partial charge on any atom is 0.189 e. The molecule has 4 aromatic rings. The molecule has 0 saturated carbocycles. The van der Waals surface area contributed by atoms with Crippen LogP contribution in [0.2, 0.25) is 0 Å². The van der Waals surface area contributed by atoms with Gasteiger partial charge in [-0.3, -0.25) is 4.79 Å². The van der Waals surface area contributed by atoms with Gasteiger partial charge in [0.2, 0.25) is 0 Å². The Balaban J connectivity index is 1.49. The fourth-order valence-electron chi connectivity index (χ4n) is 4.88. The van der Waals surface area contributed by atoms with Crippen LogP contribution >= 0.6 is 34.9 Å². The summed E-state index contributed by atoms with van der Waals surface area (Å²) in [4.78, 5) is 31.1. The average Bonchev–Trinajstić information content (AvgIpc) is 3.30. The zero-order valence-electron chi connectivity index (χ0n) is 21.1. The molecule has 0 spiro atoms. The number of morpholine rings is 1. The predicted octanol–water partition coefficient (Wildman–Crippen LogP) is 5.62. The van der Waals surface area contributed by atoms with E-state index >= 15 is 0 Å². The van der Waals surface area contributed by atoms with Gasteiger partial charge in [-0.05, 0) is 25.7 Å². The Morgan fingerprint density at radius 1 is 1.11 bits per heavy atom. The van der Waals surface area contributed by atoms with Crippen LogP contribution in [0.25, 0.3) is 20.4 Å². The number of benzene rings is 1. The fourth-order valence-corrected chi connectivity index (χ4v) is 7.44. The minimum atomic E-state index is -0.271. The highest BCUT2D eigenvalue weighted by Gasteiger charge is 2.33. The third kappa shape index (κ3) is 4.85. The van der Waals surface area contributed by atoms with Gasteiger partial charge in [0.15, 0.2) is 10.9 Å². The molecule has 10 heteroatoms. The summed E-state index contributed by atoms with van der Waals surface area (Å²) in [6.07, 6.45) is 2.78. The van der Waals surface area contributed by atoms with Crippen molar-refractivity contribution in [1.82, 2.24) is 15.0 Å². The SMILES string of the molecule is CSc1nc(SCC(=O)c2ccccc2)c2sc3nc(N4CCOCC4)c4c(c3c2n1)CC(C)(C)OC4. The number of fused-ring (bicyclic) bond motifs is 5. The van der Waals surface area contributed by atoms with Gasteiger partial charge < -0.3 is 14.4 Å². The molecule has 192 valence electrons. The fraction of sp³-hybridized carbons (Fsp3) is 0.407. The first-order valence-electron chi connectivity index (χ1n) is 12.3. The second-order valence-electron chi connectivity index (χ2n) is 9.77. The molecule has 1 aromatic carbocycles. The van der Waals surface area contributed by atoms with Gasteiger partial charge in [-0.2, -0.15) is 0 Å². The van der Waals surface area contributed by atoms with E-state index in [0.29, 0.717) is 30.7 Å². The molecule has 1 saturated heterocycles. The lowest BCUT2D eigenvalue weighted by molar-refractivity contribution is -0.0396. The first-order chi connectivity index (χ1) is 17.9. The lowest BCUT2D eigenvalue weighted by atomic mass is 9.90. The molecule has 0 aliphatic carbocycles. The van der Waals surface area contributed by atoms with E-state index in [2.05, 4.69) is 18.7 Å². The van der Waals surface area contributed by atoms with Crippen LogP contribution in [0.15, 0.2) is 40.5 Å². The molecule has 0 atom stereocenters. The number of ketones is 1. The van der Waals surface area contributed by atoms with Crippen molar-refractivity contribution in [3.8, 4) is 0 Å². The zero-order chi connectivity index (χ0) is 25.6. The molecular weight excluding hydrogens is 525 g/mol. The van der Waals surface area contributed by atoms with E-state index in [1.54, 1.807) is 11.3 Å². The molecule has 6 rings (SSSR count). The number of aromatic nitrogens is 3. The van der Waals surface area contributed by atoms with Crippen LogP contribution in [0, 0.1) is 0 Å². The highest BCUT2D eigenvalue weighted by molar-refractivity contribution is 8.00. The van der Waals surface area contributed by atoms with Gasteiger partial charge in [-0.25, -0.2) is 15.0 Å². The number of carbonyl (C=O) groups excluding carboxylic acids is 1. The summed E-state index contributed by atoms with van der Waals surface area (Å²) >= 11 is 4.63. The van der Waals surface area contributed by atoms with Crippen molar-refractivity contribution in [2.75, 3.05) is 43.2 Å². The summed E-state index contributed by atoms with van der Waals surface area (Å²) in [5.41, 5.74) is 3.81. The number of ether oxygens (including phenoxy) is 2. The normalized spacial score (nSPS) is 17.3. The number of pyridine rings is 1. The summed E-state index contributed by atoms with van der Waals surface area (Å²) in [7, 11) is 0. The molecule has 0 amide bonds. The molecule has 7 nitrogen and oxygen atoms in total. The number of anilines is 1. The Hall–Kier alpha value is -2.24. The highest BCUT2D eigenvalue weighted by atomic mass is 32.2. The van der Waals surface area contributed by atoms with E-state index in [1.807, 2.05) is 36.6 Å². The number of nitrogens with zero attached hydrogens (tertiary/aromatic N) is 4. The van der Waals surface area contributed by atoms with Crippen molar-refractivity contribution in [3.63, 3.8) is 0 Å². The number of thiophene rings is 1. The van der Waals surface area contributed by atoms with Crippen molar-refractivity contribution >= 4 is 66.9 Å². The molecule has 0 unspecified atom stereocenters. The van der Waals surface area contributed by atoms with E-state index in [-0.39, 0.29) is 11.4 Å². The van der Waals surface area contributed by atoms with Gasteiger partial charge in [0.05, 0.1) is 41.4 Å². The quantitative estimate of drug-likeness (QED) is 0.131. The van der Waals surface area contributed by atoms with E-state index in [4.69, 9.17) is 24.4 Å². The minimum absolute atomic E-state index is 0.0909. The van der Waals surface area contributed by atoms with Crippen molar-refractivity contribution < 1.29 is 14.3 Å². The second kappa shape index (κ2) is 10.1. The monoisotopic (exact) mass is 552 g/mol. The minimum Gasteiger partial charge on any atom is -0.378 e.